The molecular weight excluding hydrogens is 284 g/mol. The number of hydrogen-bond acceptors (Lipinski definition) is 5. The lowest BCUT2D eigenvalue weighted by Gasteiger charge is -2.04. The van der Waals surface area contributed by atoms with Crippen LogP contribution in [-0.2, 0) is 0 Å². The van der Waals surface area contributed by atoms with Crippen LogP contribution in [0.4, 0.5) is 4.79 Å². The summed E-state index contributed by atoms with van der Waals surface area (Å²) in [6, 6.07) is 9.50. The zero-order valence-electron chi connectivity index (χ0n) is 11.7. The van der Waals surface area contributed by atoms with Crippen LogP contribution in [0, 0.1) is 6.92 Å². The van der Waals surface area contributed by atoms with E-state index in [1.165, 1.54) is 6.20 Å². The van der Waals surface area contributed by atoms with Crippen LogP contribution in [0.3, 0.4) is 0 Å². The quantitative estimate of drug-likeness (QED) is 0.575. The average Bonchev–Trinajstić information content (AvgIpc) is 2.86. The van der Waals surface area contributed by atoms with Crippen molar-refractivity contribution in [2.75, 3.05) is 0 Å². The Bertz CT molecular complexity index is 871. The number of nitrogens with zero attached hydrogens (tertiary/aromatic N) is 3. The van der Waals surface area contributed by atoms with Crippen LogP contribution < -0.4 is 10.5 Å². The van der Waals surface area contributed by atoms with Crippen LogP contribution >= 0.6 is 0 Å². The third-order valence-electron chi connectivity index (χ3n) is 3.12. The highest BCUT2D eigenvalue weighted by molar-refractivity contribution is 6.05. The minimum atomic E-state index is -0.730. The number of amides is 1. The van der Waals surface area contributed by atoms with Gasteiger partial charge in [0.25, 0.3) is 0 Å². The van der Waals surface area contributed by atoms with Gasteiger partial charge in [0.2, 0.25) is 0 Å². The SMILES string of the molecule is Cc1nn(C(N)=O)c2ccnc(C(=O)Oc3ccccc3)c12. The first-order valence-corrected chi connectivity index (χ1v) is 6.49. The van der Waals surface area contributed by atoms with Gasteiger partial charge >= 0.3 is 12.0 Å². The van der Waals surface area contributed by atoms with Crippen LogP contribution in [0.2, 0.25) is 0 Å². The molecule has 3 rings (SSSR count). The molecule has 7 nitrogen and oxygen atoms in total. The molecule has 1 aromatic carbocycles. The van der Waals surface area contributed by atoms with Gasteiger partial charge in [0.15, 0.2) is 5.69 Å². The van der Waals surface area contributed by atoms with Gasteiger partial charge in [-0.2, -0.15) is 9.78 Å². The number of pyridine rings is 1. The van der Waals surface area contributed by atoms with Crippen molar-refractivity contribution in [3.63, 3.8) is 0 Å². The second kappa shape index (κ2) is 5.28. The molecular formula is C15H12N4O3. The zero-order valence-corrected chi connectivity index (χ0v) is 11.7. The van der Waals surface area contributed by atoms with E-state index < -0.39 is 12.0 Å². The molecule has 22 heavy (non-hydrogen) atoms. The van der Waals surface area contributed by atoms with Crippen LogP contribution in [-0.4, -0.2) is 26.8 Å². The molecule has 0 radical (unpaired) electrons. The van der Waals surface area contributed by atoms with Crippen LogP contribution in [0.1, 0.15) is 16.2 Å². The molecule has 0 aliphatic heterocycles. The predicted molar refractivity (Wildman–Crippen MR) is 78.6 cm³/mol. The highest BCUT2D eigenvalue weighted by Gasteiger charge is 2.20. The van der Waals surface area contributed by atoms with Gasteiger partial charge in [-0.1, -0.05) is 18.2 Å². The van der Waals surface area contributed by atoms with Gasteiger partial charge in [-0.25, -0.2) is 14.6 Å². The first-order chi connectivity index (χ1) is 10.6. The minimum Gasteiger partial charge on any atom is -0.422 e. The molecule has 0 bridgehead atoms. The van der Waals surface area contributed by atoms with Crippen LogP contribution in [0.5, 0.6) is 5.75 Å². The average molecular weight is 296 g/mol. The molecule has 0 fully saturated rings. The highest BCUT2D eigenvalue weighted by Crippen LogP contribution is 2.22. The Hall–Kier alpha value is -3.22. The Morgan fingerprint density at radius 2 is 1.91 bits per heavy atom. The third kappa shape index (κ3) is 2.28. The fraction of sp³-hybridized carbons (Fsp3) is 0.0667. The number of esters is 1. The topological polar surface area (TPSA) is 100 Å². The van der Waals surface area contributed by atoms with Gasteiger partial charge in [0.05, 0.1) is 16.6 Å². The molecule has 0 saturated heterocycles. The Kier molecular flexibility index (Phi) is 3.30. The van der Waals surface area contributed by atoms with Crippen molar-refractivity contribution in [2.45, 2.75) is 6.92 Å². The van der Waals surface area contributed by atoms with Crippen molar-refractivity contribution in [2.24, 2.45) is 5.73 Å². The molecule has 0 atom stereocenters. The summed E-state index contributed by atoms with van der Waals surface area (Å²) >= 11 is 0. The molecule has 3 aromatic rings. The predicted octanol–water partition coefficient (Wildman–Crippen LogP) is 1.89. The molecule has 2 aromatic heterocycles. The van der Waals surface area contributed by atoms with E-state index in [2.05, 4.69) is 10.1 Å². The number of carbonyl (C=O) groups excluding carboxylic acids is 2. The lowest BCUT2D eigenvalue weighted by atomic mass is 10.2. The molecule has 2 heterocycles. The van der Waals surface area contributed by atoms with Crippen molar-refractivity contribution >= 4 is 22.9 Å². The Morgan fingerprint density at radius 3 is 2.59 bits per heavy atom. The van der Waals surface area contributed by atoms with Crippen molar-refractivity contribution < 1.29 is 14.3 Å². The minimum absolute atomic E-state index is 0.0892. The zero-order chi connectivity index (χ0) is 15.7. The van der Waals surface area contributed by atoms with E-state index in [4.69, 9.17) is 10.5 Å². The first kappa shape index (κ1) is 13.7. The second-order valence-corrected chi connectivity index (χ2v) is 4.59. The van der Waals surface area contributed by atoms with Crippen molar-refractivity contribution in [3.8, 4) is 5.75 Å². The van der Waals surface area contributed by atoms with E-state index in [1.54, 1.807) is 37.3 Å². The molecule has 0 spiro atoms. The van der Waals surface area contributed by atoms with E-state index in [1.807, 2.05) is 6.07 Å². The number of ether oxygens (including phenoxy) is 1. The van der Waals surface area contributed by atoms with Gasteiger partial charge in [-0.05, 0) is 25.1 Å². The fourth-order valence-corrected chi connectivity index (χ4v) is 2.21. The fourth-order valence-electron chi connectivity index (χ4n) is 2.21. The summed E-state index contributed by atoms with van der Waals surface area (Å²) < 4.78 is 6.31. The maximum Gasteiger partial charge on any atom is 0.363 e. The number of primary amides is 1. The van der Waals surface area contributed by atoms with Gasteiger partial charge in [0, 0.05) is 6.20 Å². The molecule has 110 valence electrons. The van der Waals surface area contributed by atoms with Gasteiger partial charge in [0.1, 0.15) is 5.75 Å². The first-order valence-electron chi connectivity index (χ1n) is 6.49. The van der Waals surface area contributed by atoms with Crippen LogP contribution in [0.15, 0.2) is 42.6 Å². The maximum absolute atomic E-state index is 12.3. The summed E-state index contributed by atoms with van der Waals surface area (Å²) in [5.74, 6) is -0.213. The summed E-state index contributed by atoms with van der Waals surface area (Å²) in [4.78, 5) is 27.8. The summed E-state index contributed by atoms with van der Waals surface area (Å²) in [7, 11) is 0. The molecule has 7 heteroatoms. The standard InChI is InChI=1S/C15H12N4O3/c1-9-12-11(19(18-9)15(16)21)7-8-17-13(12)14(20)22-10-5-3-2-4-6-10/h2-8H,1H3,(H2,16,21). The summed E-state index contributed by atoms with van der Waals surface area (Å²) in [6.07, 6.45) is 1.41. The largest absolute Gasteiger partial charge is 0.422 e. The summed E-state index contributed by atoms with van der Waals surface area (Å²) in [6.45, 7) is 1.67. The Labute approximate surface area is 125 Å². The number of para-hydroxylation sites is 1. The van der Waals surface area contributed by atoms with Crippen molar-refractivity contribution in [3.05, 3.63) is 54.0 Å². The molecule has 0 saturated carbocycles. The normalized spacial score (nSPS) is 10.6. The van der Waals surface area contributed by atoms with Gasteiger partial charge in [-0.15, -0.1) is 0 Å². The van der Waals surface area contributed by atoms with E-state index >= 15 is 0 Å². The Morgan fingerprint density at radius 1 is 1.18 bits per heavy atom. The van der Waals surface area contributed by atoms with Gasteiger partial charge < -0.3 is 10.5 Å². The molecule has 0 aliphatic rings. The number of hydrogen-bond donors (Lipinski definition) is 1. The number of benzene rings is 1. The number of rotatable bonds is 2. The molecule has 0 aliphatic carbocycles. The lowest BCUT2D eigenvalue weighted by molar-refractivity contribution is 0.0731. The Balaban J connectivity index is 2.08. The molecule has 1 amide bonds. The smallest absolute Gasteiger partial charge is 0.363 e. The molecule has 2 N–H and O–H groups in total. The number of nitrogens with two attached hydrogens (primary N) is 1. The van der Waals surface area contributed by atoms with Crippen LogP contribution in [0.25, 0.3) is 10.9 Å². The maximum atomic E-state index is 12.3. The van der Waals surface area contributed by atoms with E-state index in [0.717, 1.165) is 4.68 Å². The van der Waals surface area contributed by atoms with Gasteiger partial charge in [-0.3, -0.25) is 0 Å². The third-order valence-corrected chi connectivity index (χ3v) is 3.12. The molecule has 0 unspecified atom stereocenters. The van der Waals surface area contributed by atoms with Crippen molar-refractivity contribution in [1.29, 1.82) is 0 Å². The van der Waals surface area contributed by atoms with E-state index in [-0.39, 0.29) is 5.69 Å². The highest BCUT2D eigenvalue weighted by atomic mass is 16.5. The van der Waals surface area contributed by atoms with E-state index in [0.29, 0.717) is 22.3 Å². The second-order valence-electron chi connectivity index (χ2n) is 4.59. The van der Waals surface area contributed by atoms with Crippen molar-refractivity contribution in [1.82, 2.24) is 14.8 Å². The number of aryl methyl sites for hydroxylation is 1. The van der Waals surface area contributed by atoms with E-state index in [9.17, 15) is 9.59 Å². The monoisotopic (exact) mass is 296 g/mol. The number of aromatic nitrogens is 3. The number of carbonyl (C=O) groups is 2. The summed E-state index contributed by atoms with van der Waals surface area (Å²) in [5.41, 5.74) is 6.25. The lowest BCUT2D eigenvalue weighted by Crippen LogP contribution is -2.20. The number of fused-ring (bicyclic) bond motifs is 1. The summed E-state index contributed by atoms with van der Waals surface area (Å²) in [5, 5.41) is 4.48.